The van der Waals surface area contributed by atoms with Crippen molar-refractivity contribution in [2.45, 2.75) is 19.8 Å². The first-order valence-electron chi connectivity index (χ1n) is 7.99. The molecule has 0 heterocycles. The first-order chi connectivity index (χ1) is 12.1. The molecule has 0 saturated carbocycles. The van der Waals surface area contributed by atoms with Crippen LogP contribution in [0.15, 0.2) is 52.0 Å². The van der Waals surface area contributed by atoms with Crippen molar-refractivity contribution in [3.05, 3.63) is 58.1 Å². The number of halogens is 1. The van der Waals surface area contributed by atoms with Crippen molar-refractivity contribution in [3.8, 4) is 11.5 Å². The van der Waals surface area contributed by atoms with Gasteiger partial charge in [-0.05, 0) is 47.9 Å². The lowest BCUT2D eigenvalue weighted by Crippen LogP contribution is -2.19. The molecule has 0 atom stereocenters. The zero-order valence-electron chi connectivity index (χ0n) is 14.3. The van der Waals surface area contributed by atoms with Gasteiger partial charge in [-0.2, -0.15) is 5.10 Å². The summed E-state index contributed by atoms with van der Waals surface area (Å²) in [6.07, 6.45) is 2.78. The molecule has 0 unspecified atom stereocenters. The second kappa shape index (κ2) is 9.84. The zero-order chi connectivity index (χ0) is 18.1. The van der Waals surface area contributed by atoms with Gasteiger partial charge in [0.05, 0.1) is 26.4 Å². The lowest BCUT2D eigenvalue weighted by atomic mass is 10.1. The molecule has 2 rings (SSSR count). The number of hydrogen-bond acceptors (Lipinski definition) is 4. The van der Waals surface area contributed by atoms with Crippen LogP contribution in [0.1, 0.15) is 24.5 Å². The highest BCUT2D eigenvalue weighted by Gasteiger charge is 2.05. The molecule has 1 amide bonds. The number of nitrogens with one attached hydrogen (secondary N) is 1. The number of methoxy groups -OCH3 is 1. The topological polar surface area (TPSA) is 59.9 Å². The van der Waals surface area contributed by atoms with Crippen LogP contribution < -0.4 is 14.9 Å². The monoisotopic (exact) mass is 404 g/mol. The van der Waals surface area contributed by atoms with Crippen LogP contribution in [0.4, 0.5) is 0 Å². The van der Waals surface area contributed by atoms with E-state index in [2.05, 4.69) is 26.5 Å². The highest BCUT2D eigenvalue weighted by atomic mass is 79.9. The maximum atomic E-state index is 11.9. The van der Waals surface area contributed by atoms with Gasteiger partial charge in [0.2, 0.25) is 5.91 Å². The maximum absolute atomic E-state index is 11.9. The Labute approximate surface area is 156 Å². The molecule has 0 saturated heterocycles. The third-order valence-electron chi connectivity index (χ3n) is 3.33. The number of nitrogens with zero attached hydrogens (tertiary/aromatic N) is 1. The number of carbonyl (C=O) groups excluding carboxylic acids is 1. The fraction of sp³-hybridized carbons (Fsp3) is 0.263. The lowest BCUT2D eigenvalue weighted by Gasteiger charge is -2.10. The molecule has 5 nitrogen and oxygen atoms in total. The molecule has 0 fully saturated rings. The minimum Gasteiger partial charge on any atom is -0.493 e. The largest absolute Gasteiger partial charge is 0.493 e. The van der Waals surface area contributed by atoms with Crippen molar-refractivity contribution in [2.24, 2.45) is 5.10 Å². The molecule has 0 aliphatic heterocycles. The average molecular weight is 405 g/mol. The fourth-order valence-corrected chi connectivity index (χ4v) is 2.37. The van der Waals surface area contributed by atoms with E-state index >= 15 is 0 Å². The number of amides is 1. The standard InChI is InChI=1S/C19H21BrN2O3/c1-3-10-25-17-9-6-15(11-18(17)24-2)13-21-22-19(23)12-14-4-7-16(20)8-5-14/h4-9,11,13H,3,10,12H2,1-2H3,(H,22,23)/b21-13+. The summed E-state index contributed by atoms with van der Waals surface area (Å²) in [5.41, 5.74) is 4.26. The average Bonchev–Trinajstić information content (AvgIpc) is 2.62. The Morgan fingerprint density at radius 2 is 1.96 bits per heavy atom. The highest BCUT2D eigenvalue weighted by Crippen LogP contribution is 2.27. The fourth-order valence-electron chi connectivity index (χ4n) is 2.10. The van der Waals surface area contributed by atoms with Crippen molar-refractivity contribution >= 4 is 28.1 Å². The van der Waals surface area contributed by atoms with Crippen molar-refractivity contribution in [2.75, 3.05) is 13.7 Å². The summed E-state index contributed by atoms with van der Waals surface area (Å²) < 4.78 is 11.9. The Bertz CT molecular complexity index is 730. The van der Waals surface area contributed by atoms with Gasteiger partial charge in [0.25, 0.3) is 0 Å². The van der Waals surface area contributed by atoms with E-state index in [0.29, 0.717) is 18.1 Å². The van der Waals surface area contributed by atoms with Crippen LogP contribution in [0, 0.1) is 0 Å². The molecule has 132 valence electrons. The van der Waals surface area contributed by atoms with Crippen LogP contribution in [-0.2, 0) is 11.2 Å². The number of carbonyl (C=O) groups is 1. The highest BCUT2D eigenvalue weighted by molar-refractivity contribution is 9.10. The Morgan fingerprint density at radius 3 is 2.64 bits per heavy atom. The number of rotatable bonds is 8. The van der Waals surface area contributed by atoms with E-state index in [4.69, 9.17) is 9.47 Å². The number of hydrazone groups is 1. The Balaban J connectivity index is 1.92. The lowest BCUT2D eigenvalue weighted by molar-refractivity contribution is -0.120. The first-order valence-corrected chi connectivity index (χ1v) is 8.79. The number of ether oxygens (including phenoxy) is 2. The Kier molecular flexibility index (Phi) is 7.47. The van der Waals surface area contributed by atoms with Crippen LogP contribution in [0.25, 0.3) is 0 Å². The van der Waals surface area contributed by atoms with E-state index in [-0.39, 0.29) is 12.3 Å². The number of benzene rings is 2. The van der Waals surface area contributed by atoms with Gasteiger partial charge in [0.15, 0.2) is 11.5 Å². The van der Waals surface area contributed by atoms with Gasteiger partial charge >= 0.3 is 0 Å². The molecular weight excluding hydrogens is 384 g/mol. The van der Waals surface area contributed by atoms with E-state index in [1.807, 2.05) is 49.4 Å². The number of hydrogen-bond donors (Lipinski definition) is 1. The second-order valence-electron chi connectivity index (χ2n) is 5.36. The van der Waals surface area contributed by atoms with E-state index in [0.717, 1.165) is 22.0 Å². The molecule has 6 heteroatoms. The summed E-state index contributed by atoms with van der Waals surface area (Å²) in [6, 6.07) is 13.1. The molecule has 2 aromatic carbocycles. The minimum atomic E-state index is -0.173. The van der Waals surface area contributed by atoms with Crippen molar-refractivity contribution in [3.63, 3.8) is 0 Å². The molecule has 0 aromatic heterocycles. The smallest absolute Gasteiger partial charge is 0.244 e. The quantitative estimate of drug-likeness (QED) is 0.535. The van der Waals surface area contributed by atoms with Gasteiger partial charge in [-0.1, -0.05) is 35.0 Å². The zero-order valence-corrected chi connectivity index (χ0v) is 15.9. The molecule has 0 spiro atoms. The Morgan fingerprint density at radius 1 is 1.20 bits per heavy atom. The van der Waals surface area contributed by atoms with Crippen LogP contribution in [0.2, 0.25) is 0 Å². The summed E-state index contributed by atoms with van der Waals surface area (Å²) in [6.45, 7) is 2.68. The van der Waals surface area contributed by atoms with Crippen molar-refractivity contribution < 1.29 is 14.3 Å². The van der Waals surface area contributed by atoms with Crippen LogP contribution in [0.5, 0.6) is 11.5 Å². The van der Waals surface area contributed by atoms with Gasteiger partial charge in [-0.15, -0.1) is 0 Å². The van der Waals surface area contributed by atoms with E-state index in [9.17, 15) is 4.79 Å². The van der Waals surface area contributed by atoms with E-state index in [1.165, 1.54) is 0 Å². The Hall–Kier alpha value is -2.34. The predicted molar refractivity (Wildman–Crippen MR) is 102 cm³/mol. The molecule has 25 heavy (non-hydrogen) atoms. The first kappa shape index (κ1) is 19.0. The van der Waals surface area contributed by atoms with Crippen LogP contribution in [-0.4, -0.2) is 25.8 Å². The third kappa shape index (κ3) is 6.23. The van der Waals surface area contributed by atoms with Gasteiger partial charge in [0, 0.05) is 4.47 Å². The molecule has 0 aliphatic rings. The SMILES string of the molecule is CCCOc1ccc(/C=N/NC(=O)Cc2ccc(Br)cc2)cc1OC. The van der Waals surface area contributed by atoms with Gasteiger partial charge in [0.1, 0.15) is 0 Å². The second-order valence-corrected chi connectivity index (χ2v) is 6.27. The normalized spacial score (nSPS) is 10.7. The molecule has 0 bridgehead atoms. The summed E-state index contributed by atoms with van der Waals surface area (Å²) in [4.78, 5) is 11.9. The van der Waals surface area contributed by atoms with E-state index < -0.39 is 0 Å². The van der Waals surface area contributed by atoms with E-state index in [1.54, 1.807) is 13.3 Å². The van der Waals surface area contributed by atoms with Crippen molar-refractivity contribution in [1.29, 1.82) is 0 Å². The summed E-state index contributed by atoms with van der Waals surface area (Å²) >= 11 is 3.37. The molecule has 0 aliphatic carbocycles. The molecule has 2 aromatic rings. The van der Waals surface area contributed by atoms with Gasteiger partial charge in [-0.3, -0.25) is 4.79 Å². The molecular formula is C19H21BrN2O3. The summed E-state index contributed by atoms with van der Waals surface area (Å²) in [5, 5.41) is 3.99. The minimum absolute atomic E-state index is 0.173. The predicted octanol–water partition coefficient (Wildman–Crippen LogP) is 3.94. The summed E-state index contributed by atoms with van der Waals surface area (Å²) in [7, 11) is 1.59. The van der Waals surface area contributed by atoms with Crippen LogP contribution >= 0.6 is 15.9 Å². The van der Waals surface area contributed by atoms with Crippen LogP contribution in [0.3, 0.4) is 0 Å². The van der Waals surface area contributed by atoms with Crippen molar-refractivity contribution in [1.82, 2.24) is 5.43 Å². The van der Waals surface area contributed by atoms with Gasteiger partial charge in [-0.25, -0.2) is 5.43 Å². The molecule has 0 radical (unpaired) electrons. The summed E-state index contributed by atoms with van der Waals surface area (Å²) in [5.74, 6) is 1.16. The maximum Gasteiger partial charge on any atom is 0.244 e. The van der Waals surface area contributed by atoms with Gasteiger partial charge < -0.3 is 9.47 Å². The third-order valence-corrected chi connectivity index (χ3v) is 3.86. The molecule has 1 N–H and O–H groups in total.